The highest BCUT2D eigenvalue weighted by molar-refractivity contribution is 5.85. The monoisotopic (exact) mass is 435 g/mol. The number of amides is 2. The van der Waals surface area contributed by atoms with Crippen LogP contribution in [0.1, 0.15) is 76.0 Å². The van der Waals surface area contributed by atoms with E-state index in [4.69, 9.17) is 0 Å². The molecule has 1 aromatic carbocycles. The van der Waals surface area contributed by atoms with Crippen LogP contribution in [0.15, 0.2) is 48.7 Å². The Morgan fingerprint density at radius 1 is 0.875 bits per heavy atom. The van der Waals surface area contributed by atoms with Gasteiger partial charge < -0.3 is 14.4 Å². The molecule has 2 aromatic rings. The highest BCUT2D eigenvalue weighted by atomic mass is 16.2. The predicted octanol–water partition coefficient (Wildman–Crippen LogP) is 4.99. The molecule has 1 aromatic heterocycles. The molecule has 4 rings (SSSR count). The van der Waals surface area contributed by atoms with Gasteiger partial charge in [-0.05, 0) is 49.8 Å². The third-order valence-corrected chi connectivity index (χ3v) is 6.86. The van der Waals surface area contributed by atoms with Gasteiger partial charge in [0.15, 0.2) is 0 Å². The van der Waals surface area contributed by atoms with Gasteiger partial charge >= 0.3 is 0 Å². The van der Waals surface area contributed by atoms with Gasteiger partial charge in [-0.1, -0.05) is 56.5 Å². The van der Waals surface area contributed by atoms with Gasteiger partial charge in [0.2, 0.25) is 11.8 Å². The van der Waals surface area contributed by atoms with Crippen LogP contribution in [0.4, 0.5) is 0 Å². The molecule has 0 atom stereocenters. The van der Waals surface area contributed by atoms with Crippen LogP contribution in [0.3, 0.4) is 0 Å². The van der Waals surface area contributed by atoms with Gasteiger partial charge in [0, 0.05) is 36.9 Å². The van der Waals surface area contributed by atoms with Crippen molar-refractivity contribution in [1.29, 1.82) is 0 Å². The minimum absolute atomic E-state index is 0.106. The van der Waals surface area contributed by atoms with Crippen molar-refractivity contribution in [3.8, 4) is 0 Å². The van der Waals surface area contributed by atoms with Gasteiger partial charge in [0.05, 0.1) is 6.54 Å². The minimum Gasteiger partial charge on any atom is -0.345 e. The Bertz CT molecular complexity index is 881. The van der Waals surface area contributed by atoms with Gasteiger partial charge in [-0.3, -0.25) is 9.59 Å². The molecule has 2 amide bonds. The topological polar surface area (TPSA) is 45.6 Å². The first-order chi connectivity index (χ1) is 15.7. The number of nitrogens with zero attached hydrogens (tertiary/aromatic N) is 3. The summed E-state index contributed by atoms with van der Waals surface area (Å²) >= 11 is 0. The van der Waals surface area contributed by atoms with E-state index in [0.717, 1.165) is 57.2 Å². The largest absolute Gasteiger partial charge is 0.345 e. The standard InChI is InChI=1S/C27H37N3O2/c1-2-10-26(31)30(23-13-7-4-8-14-23)21-27(32)29(24-16-17-24)20-25-15-9-18-28(25)19-22-11-5-3-6-12-22/h3,5-6,9,11-12,15,18,23-24H,2,4,7-8,10,13-14,16-17,19-21H2,1H3. The lowest BCUT2D eigenvalue weighted by atomic mass is 9.94. The molecular weight excluding hydrogens is 398 g/mol. The van der Waals surface area contributed by atoms with Gasteiger partial charge in [-0.25, -0.2) is 0 Å². The van der Waals surface area contributed by atoms with Crippen LogP contribution in [0.25, 0.3) is 0 Å². The minimum atomic E-state index is 0.106. The molecule has 0 radical (unpaired) electrons. The molecule has 0 spiro atoms. The molecule has 0 bridgehead atoms. The lowest BCUT2D eigenvalue weighted by molar-refractivity contribution is -0.143. The van der Waals surface area contributed by atoms with E-state index in [0.29, 0.717) is 19.0 Å². The van der Waals surface area contributed by atoms with Crippen LogP contribution in [0.2, 0.25) is 0 Å². The molecule has 2 aliphatic carbocycles. The average Bonchev–Trinajstić information content (AvgIpc) is 3.57. The number of aromatic nitrogens is 1. The van der Waals surface area contributed by atoms with Crippen LogP contribution in [0.5, 0.6) is 0 Å². The fraction of sp³-hybridized carbons (Fsp3) is 0.556. The smallest absolute Gasteiger partial charge is 0.242 e. The molecule has 0 N–H and O–H groups in total. The molecule has 5 heteroatoms. The maximum atomic E-state index is 13.5. The molecule has 2 fully saturated rings. The summed E-state index contributed by atoms with van der Waals surface area (Å²) in [5, 5.41) is 0. The van der Waals surface area contributed by atoms with Crippen molar-refractivity contribution in [2.45, 2.75) is 89.9 Å². The first-order valence-electron chi connectivity index (χ1n) is 12.4. The molecule has 2 aliphatic rings. The van der Waals surface area contributed by atoms with Gasteiger partial charge in [-0.15, -0.1) is 0 Å². The summed E-state index contributed by atoms with van der Waals surface area (Å²) in [7, 11) is 0. The zero-order chi connectivity index (χ0) is 22.3. The zero-order valence-electron chi connectivity index (χ0n) is 19.4. The molecule has 0 saturated heterocycles. The van der Waals surface area contributed by atoms with Crippen molar-refractivity contribution in [2.75, 3.05) is 6.54 Å². The summed E-state index contributed by atoms with van der Waals surface area (Å²) in [5.41, 5.74) is 2.40. The SMILES string of the molecule is CCCC(=O)N(CC(=O)N(Cc1cccn1Cc1ccccc1)C1CC1)C1CCCCC1. The van der Waals surface area contributed by atoms with Crippen LogP contribution >= 0.6 is 0 Å². The number of hydrogen-bond acceptors (Lipinski definition) is 2. The normalized spacial score (nSPS) is 16.7. The Balaban J connectivity index is 1.46. The summed E-state index contributed by atoms with van der Waals surface area (Å²) < 4.78 is 2.24. The highest BCUT2D eigenvalue weighted by Gasteiger charge is 2.35. The summed E-state index contributed by atoms with van der Waals surface area (Å²) in [6.07, 6.45) is 11.2. The van der Waals surface area contributed by atoms with Gasteiger partial charge in [-0.2, -0.15) is 0 Å². The van der Waals surface area contributed by atoms with Gasteiger partial charge in [0.1, 0.15) is 6.54 Å². The lowest BCUT2D eigenvalue weighted by Gasteiger charge is -2.35. The fourth-order valence-corrected chi connectivity index (χ4v) is 4.92. The van der Waals surface area contributed by atoms with E-state index in [1.165, 1.54) is 12.0 Å². The average molecular weight is 436 g/mol. The Labute approximate surface area is 192 Å². The van der Waals surface area contributed by atoms with Crippen molar-refractivity contribution in [3.63, 3.8) is 0 Å². The molecule has 1 heterocycles. The predicted molar refractivity (Wildman–Crippen MR) is 127 cm³/mol. The van der Waals surface area contributed by atoms with E-state index in [1.54, 1.807) is 0 Å². The molecule has 5 nitrogen and oxygen atoms in total. The van der Waals surface area contributed by atoms with E-state index in [1.807, 2.05) is 22.8 Å². The molecule has 2 saturated carbocycles. The summed E-state index contributed by atoms with van der Waals surface area (Å²) in [6, 6.07) is 15.2. The fourth-order valence-electron chi connectivity index (χ4n) is 4.92. The Kier molecular flexibility index (Phi) is 7.67. The van der Waals surface area contributed by atoms with Crippen molar-refractivity contribution < 1.29 is 9.59 Å². The molecular formula is C27H37N3O2. The van der Waals surface area contributed by atoms with Crippen molar-refractivity contribution in [1.82, 2.24) is 14.4 Å². The van der Waals surface area contributed by atoms with E-state index in [2.05, 4.69) is 47.2 Å². The number of rotatable bonds is 10. The number of hydrogen-bond donors (Lipinski definition) is 0. The molecule has 32 heavy (non-hydrogen) atoms. The van der Waals surface area contributed by atoms with Crippen molar-refractivity contribution in [2.24, 2.45) is 0 Å². The zero-order valence-corrected chi connectivity index (χ0v) is 19.4. The third kappa shape index (κ3) is 5.81. The quantitative estimate of drug-likeness (QED) is 0.528. The van der Waals surface area contributed by atoms with Crippen molar-refractivity contribution in [3.05, 3.63) is 59.9 Å². The van der Waals surface area contributed by atoms with Crippen LogP contribution in [-0.2, 0) is 22.7 Å². The number of carbonyl (C=O) groups is 2. The lowest BCUT2D eigenvalue weighted by Crippen LogP contribution is -2.48. The van der Waals surface area contributed by atoms with E-state index < -0.39 is 0 Å². The second-order valence-corrected chi connectivity index (χ2v) is 9.43. The Hall–Kier alpha value is -2.56. The first kappa shape index (κ1) is 22.6. The number of carbonyl (C=O) groups excluding carboxylic acids is 2. The summed E-state index contributed by atoms with van der Waals surface area (Å²) in [5.74, 6) is 0.255. The Morgan fingerprint density at radius 3 is 2.28 bits per heavy atom. The summed E-state index contributed by atoms with van der Waals surface area (Å²) in [4.78, 5) is 30.4. The second kappa shape index (κ2) is 10.8. The van der Waals surface area contributed by atoms with Crippen molar-refractivity contribution >= 4 is 11.8 Å². The third-order valence-electron chi connectivity index (χ3n) is 6.86. The molecule has 172 valence electrons. The van der Waals surface area contributed by atoms with Crippen LogP contribution in [-0.4, -0.2) is 44.8 Å². The molecule has 0 aliphatic heterocycles. The van der Waals surface area contributed by atoms with E-state index in [-0.39, 0.29) is 24.4 Å². The summed E-state index contributed by atoms with van der Waals surface area (Å²) in [6.45, 7) is 3.69. The Morgan fingerprint density at radius 2 is 1.59 bits per heavy atom. The number of benzene rings is 1. The van der Waals surface area contributed by atoms with Crippen LogP contribution in [0, 0.1) is 0 Å². The van der Waals surface area contributed by atoms with Crippen LogP contribution < -0.4 is 0 Å². The maximum Gasteiger partial charge on any atom is 0.242 e. The molecule has 0 unspecified atom stereocenters. The van der Waals surface area contributed by atoms with E-state index in [9.17, 15) is 9.59 Å². The van der Waals surface area contributed by atoms with Gasteiger partial charge in [0.25, 0.3) is 0 Å². The van der Waals surface area contributed by atoms with E-state index >= 15 is 0 Å². The highest BCUT2D eigenvalue weighted by Crippen LogP contribution is 2.30. The first-order valence-corrected chi connectivity index (χ1v) is 12.4. The maximum absolute atomic E-state index is 13.5. The second-order valence-electron chi connectivity index (χ2n) is 9.43.